The zero-order valence-electron chi connectivity index (χ0n) is 13.5. The fourth-order valence-corrected chi connectivity index (χ4v) is 3.67. The lowest BCUT2D eigenvalue weighted by molar-refractivity contribution is 0.0977. The molecule has 0 heterocycles. The first kappa shape index (κ1) is 17.1. The lowest BCUT2D eigenvalue weighted by atomic mass is 9.82. The fraction of sp³-hybridized carbons (Fsp3) is 0.176. The second kappa shape index (κ2) is 5.68. The van der Waals surface area contributed by atoms with Gasteiger partial charge in [-0.15, -0.1) is 0 Å². The normalized spacial score (nSPS) is 13.6. The molecule has 0 atom stereocenters. The average Bonchev–Trinajstić information content (AvgIpc) is 2.52. The van der Waals surface area contributed by atoms with Crippen LogP contribution in [0.25, 0.3) is 0 Å². The van der Waals surface area contributed by atoms with Crippen LogP contribution in [0, 0.1) is 0 Å². The smallest absolute Gasteiger partial charge is 0.295 e. The van der Waals surface area contributed by atoms with Crippen LogP contribution in [0.15, 0.2) is 35.2 Å². The van der Waals surface area contributed by atoms with Crippen LogP contribution in [-0.4, -0.2) is 30.6 Å². The van der Waals surface area contributed by atoms with Crippen LogP contribution in [0.5, 0.6) is 0 Å². The number of ketones is 2. The Bertz CT molecular complexity index is 1030. The van der Waals surface area contributed by atoms with Crippen molar-refractivity contribution in [2.24, 2.45) is 0 Å². The van der Waals surface area contributed by atoms with Gasteiger partial charge in [0.2, 0.25) is 0 Å². The van der Waals surface area contributed by atoms with E-state index in [0.717, 1.165) is 6.07 Å². The van der Waals surface area contributed by atoms with Crippen molar-refractivity contribution in [3.05, 3.63) is 52.6 Å². The number of hydrogen-bond donors (Lipinski definition) is 3. The SMILES string of the molecule is CC(C)Nc1ccc(N)c2c1C(=O)c1cccc(S(=O)(=O)O)c1C2=O. The van der Waals surface area contributed by atoms with E-state index in [-0.39, 0.29) is 34.0 Å². The average molecular weight is 360 g/mol. The van der Waals surface area contributed by atoms with Crippen molar-refractivity contribution in [1.82, 2.24) is 0 Å². The summed E-state index contributed by atoms with van der Waals surface area (Å²) in [6.07, 6.45) is 0. The number of nitrogens with one attached hydrogen (secondary N) is 1. The van der Waals surface area contributed by atoms with Crippen LogP contribution < -0.4 is 11.1 Å². The predicted octanol–water partition coefficient (Wildman–Crippen LogP) is 2.11. The second-order valence-corrected chi connectivity index (χ2v) is 7.45. The van der Waals surface area contributed by atoms with Crippen molar-refractivity contribution < 1.29 is 22.6 Å². The molecule has 0 unspecified atom stereocenters. The minimum Gasteiger partial charge on any atom is -0.398 e. The summed E-state index contributed by atoms with van der Waals surface area (Å²) < 4.78 is 32.6. The molecule has 0 saturated carbocycles. The molecule has 0 spiro atoms. The molecule has 0 aromatic heterocycles. The molecule has 0 saturated heterocycles. The van der Waals surface area contributed by atoms with Crippen molar-refractivity contribution >= 4 is 33.1 Å². The summed E-state index contributed by atoms with van der Waals surface area (Å²) in [4.78, 5) is 25.3. The maximum atomic E-state index is 13.0. The minimum atomic E-state index is -4.67. The molecule has 1 aliphatic carbocycles. The van der Waals surface area contributed by atoms with E-state index >= 15 is 0 Å². The Morgan fingerprint density at radius 1 is 1.00 bits per heavy atom. The number of rotatable bonds is 3. The molecule has 7 nitrogen and oxygen atoms in total. The molecule has 1 aliphatic rings. The van der Waals surface area contributed by atoms with Gasteiger partial charge in [-0.2, -0.15) is 8.42 Å². The van der Waals surface area contributed by atoms with E-state index in [2.05, 4.69) is 5.32 Å². The maximum Gasteiger partial charge on any atom is 0.295 e. The first-order chi connectivity index (χ1) is 11.6. The molecule has 0 radical (unpaired) electrons. The number of carbonyl (C=O) groups is 2. The van der Waals surface area contributed by atoms with Gasteiger partial charge < -0.3 is 11.1 Å². The first-order valence-electron chi connectivity index (χ1n) is 7.52. The van der Waals surface area contributed by atoms with Crippen molar-refractivity contribution in [1.29, 1.82) is 0 Å². The van der Waals surface area contributed by atoms with Crippen molar-refractivity contribution in [3.63, 3.8) is 0 Å². The van der Waals surface area contributed by atoms with Gasteiger partial charge in [-0.1, -0.05) is 12.1 Å². The van der Waals surface area contributed by atoms with Crippen LogP contribution in [0.4, 0.5) is 11.4 Å². The van der Waals surface area contributed by atoms with Crippen molar-refractivity contribution in [3.8, 4) is 0 Å². The molecule has 0 aliphatic heterocycles. The number of anilines is 2. The predicted molar refractivity (Wildman–Crippen MR) is 92.7 cm³/mol. The number of nitrogen functional groups attached to an aromatic ring is 1. The van der Waals surface area contributed by atoms with Crippen molar-refractivity contribution in [2.45, 2.75) is 24.8 Å². The summed E-state index contributed by atoms with van der Waals surface area (Å²) in [5, 5.41) is 3.09. The summed E-state index contributed by atoms with van der Waals surface area (Å²) in [7, 11) is -4.67. The molecule has 3 rings (SSSR count). The van der Waals surface area contributed by atoms with Crippen LogP contribution in [-0.2, 0) is 10.1 Å². The summed E-state index contributed by atoms with van der Waals surface area (Å²) in [5.41, 5.74) is 6.03. The molecule has 0 fully saturated rings. The third kappa shape index (κ3) is 2.69. The summed E-state index contributed by atoms with van der Waals surface area (Å²) >= 11 is 0. The van der Waals surface area contributed by atoms with E-state index in [1.807, 2.05) is 13.8 Å². The van der Waals surface area contributed by atoms with Gasteiger partial charge in [0.25, 0.3) is 10.1 Å². The monoisotopic (exact) mass is 360 g/mol. The Hall–Kier alpha value is -2.71. The van der Waals surface area contributed by atoms with E-state index in [9.17, 15) is 22.6 Å². The van der Waals surface area contributed by atoms with E-state index < -0.39 is 26.6 Å². The number of benzene rings is 2. The molecule has 8 heteroatoms. The number of nitrogens with two attached hydrogens (primary N) is 1. The zero-order valence-corrected chi connectivity index (χ0v) is 14.3. The molecule has 2 aromatic carbocycles. The lowest BCUT2D eigenvalue weighted by Gasteiger charge is -2.24. The Kier molecular flexibility index (Phi) is 3.89. The molecule has 130 valence electrons. The Balaban J connectivity index is 2.36. The van der Waals surface area contributed by atoms with Gasteiger partial charge in [0.15, 0.2) is 11.6 Å². The van der Waals surface area contributed by atoms with Gasteiger partial charge in [-0.05, 0) is 32.0 Å². The zero-order chi connectivity index (χ0) is 18.5. The Morgan fingerprint density at radius 3 is 2.28 bits per heavy atom. The number of fused-ring (bicyclic) bond motifs is 2. The second-order valence-electron chi connectivity index (χ2n) is 6.06. The van der Waals surface area contributed by atoms with Crippen LogP contribution in [0.2, 0.25) is 0 Å². The highest BCUT2D eigenvalue weighted by atomic mass is 32.2. The molecular formula is C17H16N2O5S. The maximum absolute atomic E-state index is 13.0. The van der Waals surface area contributed by atoms with Gasteiger partial charge >= 0.3 is 0 Å². The quantitative estimate of drug-likeness (QED) is 0.482. The lowest BCUT2D eigenvalue weighted by Crippen LogP contribution is -2.27. The van der Waals surface area contributed by atoms with Crippen LogP contribution in [0.1, 0.15) is 45.7 Å². The Morgan fingerprint density at radius 2 is 1.68 bits per heavy atom. The topological polar surface area (TPSA) is 127 Å². The van der Waals surface area contributed by atoms with E-state index in [1.165, 1.54) is 18.2 Å². The van der Waals surface area contributed by atoms with E-state index in [4.69, 9.17) is 5.73 Å². The van der Waals surface area contributed by atoms with Crippen molar-refractivity contribution in [2.75, 3.05) is 11.1 Å². The number of hydrogen-bond acceptors (Lipinski definition) is 6. The van der Waals surface area contributed by atoms with Crippen LogP contribution in [0.3, 0.4) is 0 Å². The van der Waals surface area contributed by atoms with Gasteiger partial charge in [-0.3, -0.25) is 14.1 Å². The van der Waals surface area contributed by atoms with Gasteiger partial charge in [0.1, 0.15) is 4.90 Å². The van der Waals surface area contributed by atoms with E-state index in [0.29, 0.717) is 5.69 Å². The minimum absolute atomic E-state index is 0.00109. The largest absolute Gasteiger partial charge is 0.398 e. The summed E-state index contributed by atoms with van der Waals surface area (Å²) in [6.45, 7) is 3.75. The third-order valence-electron chi connectivity index (χ3n) is 3.91. The van der Waals surface area contributed by atoms with Gasteiger partial charge in [0, 0.05) is 23.0 Å². The molecule has 4 N–H and O–H groups in total. The summed E-state index contributed by atoms with van der Waals surface area (Å²) in [5.74, 6) is -1.23. The fourth-order valence-electron chi connectivity index (χ4n) is 2.96. The third-order valence-corrected chi connectivity index (χ3v) is 4.81. The molecular weight excluding hydrogens is 344 g/mol. The first-order valence-corrected chi connectivity index (χ1v) is 8.96. The molecule has 2 aromatic rings. The highest BCUT2D eigenvalue weighted by Crippen LogP contribution is 2.37. The van der Waals surface area contributed by atoms with Crippen LogP contribution >= 0.6 is 0 Å². The standard InChI is InChI=1S/C17H16N2O5S/c1-8(2)19-11-7-6-10(18)14-15(11)16(20)9-4-3-5-12(25(22,23)24)13(9)17(14)21/h3-8,19H,18H2,1-2H3,(H,22,23,24). The van der Waals surface area contributed by atoms with E-state index in [1.54, 1.807) is 6.07 Å². The number of carbonyl (C=O) groups excluding carboxylic acids is 2. The molecule has 0 amide bonds. The molecule has 25 heavy (non-hydrogen) atoms. The van der Waals surface area contributed by atoms with Gasteiger partial charge in [-0.25, -0.2) is 0 Å². The highest BCUT2D eigenvalue weighted by Gasteiger charge is 2.37. The Labute approximate surface area is 144 Å². The highest BCUT2D eigenvalue weighted by molar-refractivity contribution is 7.86. The molecule has 0 bridgehead atoms. The summed E-state index contributed by atoms with van der Waals surface area (Å²) in [6, 6.07) is 6.83. The van der Waals surface area contributed by atoms with Gasteiger partial charge in [0.05, 0.1) is 16.7 Å².